The van der Waals surface area contributed by atoms with Crippen LogP contribution in [0.25, 0.3) is 22.6 Å². The number of nitrogens with one attached hydrogen (secondary N) is 3. The lowest BCUT2D eigenvalue weighted by atomic mass is 10.2. The molecule has 0 unspecified atom stereocenters. The number of hydrogen-bond acceptors (Lipinski definition) is 8. The summed E-state index contributed by atoms with van der Waals surface area (Å²) in [7, 11) is 3.15. The molecular weight excluding hydrogens is 440 g/mol. The highest BCUT2D eigenvalue weighted by Crippen LogP contribution is 2.33. The molecule has 1 saturated heterocycles. The molecule has 4 aromatic rings. The molecular formula is C23H26N6O5. The molecule has 0 spiro atoms. The molecule has 11 heteroatoms. The number of ether oxygens (including phenoxy) is 3. The molecule has 1 aliphatic rings. The predicted octanol–water partition coefficient (Wildman–Crippen LogP) is 2.96. The first-order valence-corrected chi connectivity index (χ1v) is 10.9. The molecule has 1 aromatic carbocycles. The van der Waals surface area contributed by atoms with Gasteiger partial charge >= 0.3 is 0 Å². The van der Waals surface area contributed by atoms with Crippen LogP contribution in [0.1, 0.15) is 21.9 Å². The molecule has 5 rings (SSSR count). The molecule has 1 aliphatic heterocycles. The number of H-pyrrole nitrogens is 2. The monoisotopic (exact) mass is 466 g/mol. The van der Waals surface area contributed by atoms with Crippen molar-refractivity contribution in [1.29, 1.82) is 0 Å². The highest BCUT2D eigenvalue weighted by molar-refractivity contribution is 6.04. The molecule has 3 aromatic heterocycles. The highest BCUT2D eigenvalue weighted by atomic mass is 16.5. The lowest BCUT2D eigenvalue weighted by Crippen LogP contribution is -2.35. The van der Waals surface area contributed by atoms with E-state index >= 15 is 0 Å². The van der Waals surface area contributed by atoms with Gasteiger partial charge in [-0.1, -0.05) is 0 Å². The Labute approximate surface area is 195 Å². The zero-order valence-corrected chi connectivity index (χ0v) is 19.2. The summed E-state index contributed by atoms with van der Waals surface area (Å²) in [6.45, 7) is 5.74. The predicted molar refractivity (Wildman–Crippen MR) is 124 cm³/mol. The quantitative estimate of drug-likeness (QED) is 0.379. The molecule has 3 N–H and O–H groups in total. The molecule has 34 heavy (non-hydrogen) atoms. The zero-order valence-electron chi connectivity index (χ0n) is 19.2. The van der Waals surface area contributed by atoms with Gasteiger partial charge in [0.15, 0.2) is 23.1 Å². The number of carbonyl (C=O) groups is 1. The summed E-state index contributed by atoms with van der Waals surface area (Å²) >= 11 is 0. The summed E-state index contributed by atoms with van der Waals surface area (Å²) in [5.74, 6) is 2.29. The van der Waals surface area contributed by atoms with Gasteiger partial charge in [-0.25, -0.2) is 4.98 Å². The number of hydrogen-bond donors (Lipinski definition) is 3. The summed E-state index contributed by atoms with van der Waals surface area (Å²) in [4.78, 5) is 23.1. The van der Waals surface area contributed by atoms with Crippen molar-refractivity contribution in [3.63, 3.8) is 0 Å². The maximum absolute atomic E-state index is 12.9. The van der Waals surface area contributed by atoms with E-state index in [1.54, 1.807) is 32.4 Å². The van der Waals surface area contributed by atoms with Gasteiger partial charge in [-0.05, 0) is 13.0 Å². The summed E-state index contributed by atoms with van der Waals surface area (Å²) in [5.41, 5.74) is 3.45. The molecule has 1 amide bonds. The molecule has 0 saturated carbocycles. The van der Waals surface area contributed by atoms with E-state index in [0.717, 1.165) is 49.7 Å². The third kappa shape index (κ3) is 4.22. The van der Waals surface area contributed by atoms with Gasteiger partial charge in [0.25, 0.3) is 5.91 Å². The number of morpholine rings is 1. The van der Waals surface area contributed by atoms with Gasteiger partial charge in [0.1, 0.15) is 11.5 Å². The fourth-order valence-corrected chi connectivity index (χ4v) is 3.99. The smallest absolute Gasteiger partial charge is 0.291 e. The number of aryl methyl sites for hydroxylation is 1. The lowest BCUT2D eigenvalue weighted by Gasteiger charge is -2.26. The van der Waals surface area contributed by atoms with Gasteiger partial charge in [0.05, 0.1) is 50.4 Å². The van der Waals surface area contributed by atoms with Crippen LogP contribution >= 0.6 is 0 Å². The van der Waals surface area contributed by atoms with Gasteiger partial charge in [-0.3, -0.25) is 14.8 Å². The first-order chi connectivity index (χ1) is 16.6. The largest absolute Gasteiger partial charge is 0.493 e. The second-order valence-electron chi connectivity index (χ2n) is 8.00. The van der Waals surface area contributed by atoms with E-state index in [0.29, 0.717) is 34.2 Å². The van der Waals surface area contributed by atoms with E-state index in [1.807, 2.05) is 6.92 Å². The normalized spacial score (nSPS) is 14.4. The van der Waals surface area contributed by atoms with Crippen molar-refractivity contribution >= 4 is 22.6 Å². The standard InChI is InChI=1S/C23H26N6O5/c1-13-14(12-29-4-6-33-7-5-29)8-20(34-13)23(30)27-17-11-24-28-21(17)22-25-15-9-18(31-2)19(32-3)10-16(15)26-22/h8-11H,4-7,12H2,1-3H3,(H,24,28)(H,25,26)(H,27,30). The van der Waals surface area contributed by atoms with Crippen molar-refractivity contribution < 1.29 is 23.4 Å². The van der Waals surface area contributed by atoms with E-state index in [-0.39, 0.29) is 11.7 Å². The van der Waals surface area contributed by atoms with Gasteiger partial charge in [-0.2, -0.15) is 5.10 Å². The zero-order chi connectivity index (χ0) is 23.7. The summed E-state index contributed by atoms with van der Waals surface area (Å²) in [5, 5.41) is 9.85. The Morgan fingerprint density at radius 1 is 1.18 bits per heavy atom. The van der Waals surface area contributed by atoms with Crippen LogP contribution < -0.4 is 14.8 Å². The Hall–Kier alpha value is -3.83. The van der Waals surface area contributed by atoms with Gasteiger partial charge in [0.2, 0.25) is 0 Å². The SMILES string of the molecule is COc1cc2nc(-c3[nH]ncc3NC(=O)c3cc(CN4CCOCC4)c(C)o3)[nH]c2cc1OC. The molecule has 178 valence electrons. The summed E-state index contributed by atoms with van der Waals surface area (Å²) in [6, 6.07) is 5.38. The number of aromatic nitrogens is 4. The van der Waals surface area contributed by atoms with Crippen LogP contribution in [0.15, 0.2) is 28.8 Å². The second kappa shape index (κ2) is 9.20. The topological polar surface area (TPSA) is 131 Å². The number of amides is 1. The van der Waals surface area contributed by atoms with E-state index in [2.05, 4.69) is 30.4 Å². The Morgan fingerprint density at radius 3 is 2.71 bits per heavy atom. The number of imidazole rings is 1. The van der Waals surface area contributed by atoms with Crippen molar-refractivity contribution in [3.8, 4) is 23.0 Å². The second-order valence-corrected chi connectivity index (χ2v) is 8.00. The van der Waals surface area contributed by atoms with E-state index in [4.69, 9.17) is 18.6 Å². The number of nitrogens with zero attached hydrogens (tertiary/aromatic N) is 3. The third-order valence-corrected chi connectivity index (χ3v) is 5.85. The Morgan fingerprint density at radius 2 is 1.94 bits per heavy atom. The number of methoxy groups -OCH3 is 2. The van der Waals surface area contributed by atoms with Crippen molar-refractivity contribution in [2.45, 2.75) is 13.5 Å². The van der Waals surface area contributed by atoms with E-state index in [9.17, 15) is 4.79 Å². The van der Waals surface area contributed by atoms with Crippen LogP contribution in [0.2, 0.25) is 0 Å². The summed E-state index contributed by atoms with van der Waals surface area (Å²) < 4.78 is 21.9. The first kappa shape index (κ1) is 22.0. The number of fused-ring (bicyclic) bond motifs is 1. The van der Waals surface area contributed by atoms with Crippen molar-refractivity contribution in [2.75, 3.05) is 45.8 Å². The number of rotatable bonds is 7. The average molecular weight is 466 g/mol. The van der Waals surface area contributed by atoms with Crippen molar-refractivity contribution in [3.05, 3.63) is 41.5 Å². The van der Waals surface area contributed by atoms with Gasteiger partial charge < -0.3 is 28.9 Å². The van der Waals surface area contributed by atoms with Crippen LogP contribution in [0.4, 0.5) is 5.69 Å². The lowest BCUT2D eigenvalue weighted by molar-refractivity contribution is 0.0340. The van der Waals surface area contributed by atoms with Crippen LogP contribution in [0.5, 0.6) is 11.5 Å². The number of benzene rings is 1. The van der Waals surface area contributed by atoms with Gasteiger partial charge in [0, 0.05) is 37.3 Å². The first-order valence-electron chi connectivity index (χ1n) is 10.9. The molecule has 0 bridgehead atoms. The number of furan rings is 1. The molecule has 11 nitrogen and oxygen atoms in total. The Bertz CT molecular complexity index is 1280. The van der Waals surface area contributed by atoms with Crippen molar-refractivity contribution in [1.82, 2.24) is 25.1 Å². The average Bonchev–Trinajstić information content (AvgIpc) is 3.57. The molecule has 0 atom stereocenters. The fraction of sp³-hybridized carbons (Fsp3) is 0.348. The minimum Gasteiger partial charge on any atom is -0.493 e. The third-order valence-electron chi connectivity index (χ3n) is 5.85. The minimum atomic E-state index is -0.363. The number of carbonyl (C=O) groups excluding carboxylic acids is 1. The van der Waals surface area contributed by atoms with Crippen LogP contribution in [-0.2, 0) is 11.3 Å². The van der Waals surface area contributed by atoms with Crippen LogP contribution in [0.3, 0.4) is 0 Å². The van der Waals surface area contributed by atoms with Crippen molar-refractivity contribution in [2.24, 2.45) is 0 Å². The molecule has 0 radical (unpaired) electrons. The molecule has 0 aliphatic carbocycles. The summed E-state index contributed by atoms with van der Waals surface area (Å²) in [6.07, 6.45) is 1.53. The highest BCUT2D eigenvalue weighted by Gasteiger charge is 2.21. The molecule has 1 fully saturated rings. The maximum atomic E-state index is 12.9. The number of aromatic amines is 2. The Kier molecular flexibility index (Phi) is 5.95. The van der Waals surface area contributed by atoms with Crippen LogP contribution in [-0.4, -0.2) is 71.5 Å². The Balaban J connectivity index is 1.36. The van der Waals surface area contributed by atoms with Crippen LogP contribution in [0, 0.1) is 6.92 Å². The van der Waals surface area contributed by atoms with Gasteiger partial charge in [-0.15, -0.1) is 0 Å². The number of anilines is 1. The fourth-order valence-electron chi connectivity index (χ4n) is 3.99. The minimum absolute atomic E-state index is 0.243. The van der Waals surface area contributed by atoms with E-state index in [1.165, 1.54) is 6.20 Å². The maximum Gasteiger partial charge on any atom is 0.291 e. The van der Waals surface area contributed by atoms with E-state index < -0.39 is 0 Å². The molecule has 4 heterocycles.